The summed E-state index contributed by atoms with van der Waals surface area (Å²) in [7, 11) is 3.03. The number of carbonyl (C=O) groups is 2. The number of nitrogens with zero attached hydrogens (tertiary/aromatic N) is 2. The average molecular weight is 743 g/mol. The molecule has 1 aromatic heterocycles. The number of ether oxygens (including phenoxy) is 4. The molecule has 0 radical (unpaired) electrons. The molecule has 3 aromatic carbocycles. The molecule has 0 fully saturated rings. The van der Waals surface area contributed by atoms with E-state index in [2.05, 4.69) is 0 Å². The molecule has 0 bridgehead atoms. The first kappa shape index (κ1) is 32.2. The number of benzene rings is 3. The Morgan fingerprint density at radius 3 is 2.53 bits per heavy atom. The van der Waals surface area contributed by atoms with E-state index in [4.69, 9.17) is 29.0 Å². The van der Waals surface area contributed by atoms with E-state index < -0.39 is 24.6 Å². The number of aliphatic carboxylic acids is 1. The number of hydrogen-bond donors (Lipinski definition) is 1. The molecule has 1 atom stereocenters. The largest absolute Gasteiger partial charge is 0.496 e. The molecule has 0 saturated carbocycles. The van der Waals surface area contributed by atoms with Crippen molar-refractivity contribution in [3.05, 3.63) is 94.2 Å². The van der Waals surface area contributed by atoms with E-state index >= 15 is 0 Å². The minimum atomic E-state index is -1.11. The number of carbonyl (C=O) groups excluding carboxylic acids is 1. The smallest absolute Gasteiger partial charge is 0.341 e. The molecule has 2 heterocycles. The number of esters is 1. The topological polar surface area (TPSA) is 126 Å². The molecule has 12 heteroatoms. The number of methoxy groups -OCH3 is 2. The Balaban J connectivity index is 1.79. The standard InChI is InChI=1S/C33H31IN2O8S/c1-5-9-22-28(32(40)43-6-2)29(27-20-11-8-7-10-19(20)12-13-23(27)41-3)36-31(39)25(45-33(36)35-22)16-18-14-21(34)30(24(15-18)42-4)44-17-26(37)38/h7-8,10-16,29H,5-6,9,17H2,1-4H3,(H,37,38)/b25-16-/t29-/m0/s1. The van der Waals surface area contributed by atoms with Crippen LogP contribution in [0.2, 0.25) is 0 Å². The van der Waals surface area contributed by atoms with Crippen molar-refractivity contribution in [3.63, 3.8) is 0 Å². The Labute approximate surface area is 276 Å². The van der Waals surface area contributed by atoms with Gasteiger partial charge in [-0.3, -0.25) is 9.36 Å². The van der Waals surface area contributed by atoms with Crippen LogP contribution in [0, 0.1) is 3.57 Å². The van der Waals surface area contributed by atoms with Crippen LogP contribution in [-0.2, 0) is 14.3 Å². The van der Waals surface area contributed by atoms with Crippen LogP contribution in [-0.4, -0.2) is 49.0 Å². The number of hydrogen-bond acceptors (Lipinski definition) is 9. The van der Waals surface area contributed by atoms with E-state index in [1.54, 1.807) is 36.8 Å². The van der Waals surface area contributed by atoms with Gasteiger partial charge in [-0.1, -0.05) is 55.0 Å². The van der Waals surface area contributed by atoms with Crippen molar-refractivity contribution in [2.45, 2.75) is 32.7 Å². The molecule has 0 saturated heterocycles. The molecule has 0 aliphatic carbocycles. The summed E-state index contributed by atoms with van der Waals surface area (Å²) in [6.07, 6.45) is 2.96. The van der Waals surface area contributed by atoms with E-state index in [1.165, 1.54) is 18.4 Å². The molecule has 10 nitrogen and oxygen atoms in total. The van der Waals surface area contributed by atoms with Crippen LogP contribution in [0.1, 0.15) is 43.9 Å². The van der Waals surface area contributed by atoms with Gasteiger partial charge in [0.2, 0.25) is 0 Å². The Morgan fingerprint density at radius 1 is 1.09 bits per heavy atom. The Bertz CT molecular complexity index is 2010. The summed E-state index contributed by atoms with van der Waals surface area (Å²) in [4.78, 5) is 44.4. The normalized spacial score (nSPS) is 14.6. The number of carboxylic acids is 1. The summed E-state index contributed by atoms with van der Waals surface area (Å²) in [6.45, 7) is 3.39. The van der Waals surface area contributed by atoms with Gasteiger partial charge in [-0.2, -0.15) is 0 Å². The third-order valence-corrected chi connectivity index (χ3v) is 8.99. The third kappa shape index (κ3) is 6.34. The second-order valence-electron chi connectivity index (χ2n) is 10.0. The highest BCUT2D eigenvalue weighted by atomic mass is 127. The summed E-state index contributed by atoms with van der Waals surface area (Å²) in [5, 5.41) is 10.8. The number of aromatic nitrogens is 1. The van der Waals surface area contributed by atoms with Gasteiger partial charge >= 0.3 is 11.9 Å². The van der Waals surface area contributed by atoms with Crippen LogP contribution < -0.4 is 29.1 Å². The average Bonchev–Trinajstić information content (AvgIpc) is 3.33. The van der Waals surface area contributed by atoms with E-state index in [1.807, 2.05) is 65.9 Å². The maximum atomic E-state index is 14.4. The van der Waals surface area contributed by atoms with Gasteiger partial charge in [0, 0.05) is 5.56 Å². The Morgan fingerprint density at radius 2 is 1.84 bits per heavy atom. The Kier molecular flexibility index (Phi) is 9.93. The number of rotatable bonds is 11. The SMILES string of the molecule is CCCC1=C(C(=O)OCC)[C@H](c2c(OC)ccc3ccccc23)n2c(s/c(=C\c3cc(I)c(OCC(=O)O)c(OC)c3)c2=O)=N1. The monoisotopic (exact) mass is 742 g/mol. The van der Waals surface area contributed by atoms with Crippen LogP contribution in [0.5, 0.6) is 17.2 Å². The predicted octanol–water partition coefficient (Wildman–Crippen LogP) is 4.82. The molecule has 234 valence electrons. The Hall–Kier alpha value is -4.17. The first-order valence-corrected chi connectivity index (χ1v) is 16.1. The van der Waals surface area contributed by atoms with E-state index in [-0.39, 0.29) is 12.2 Å². The van der Waals surface area contributed by atoms with Crippen molar-refractivity contribution in [2.75, 3.05) is 27.4 Å². The zero-order valence-electron chi connectivity index (χ0n) is 25.1. The van der Waals surface area contributed by atoms with Gasteiger partial charge in [0.25, 0.3) is 5.56 Å². The second kappa shape index (κ2) is 13.9. The summed E-state index contributed by atoms with van der Waals surface area (Å²) in [5.74, 6) is -0.486. The molecular weight excluding hydrogens is 711 g/mol. The van der Waals surface area contributed by atoms with Gasteiger partial charge in [-0.05, 0) is 76.5 Å². The molecule has 4 aromatic rings. The van der Waals surface area contributed by atoms with Crippen molar-refractivity contribution < 1.29 is 33.6 Å². The molecule has 0 amide bonds. The molecule has 1 aliphatic heterocycles. The van der Waals surface area contributed by atoms with Crippen molar-refractivity contribution in [2.24, 2.45) is 4.99 Å². The van der Waals surface area contributed by atoms with E-state index in [0.29, 0.717) is 59.0 Å². The molecule has 5 rings (SSSR count). The molecule has 0 unspecified atom stereocenters. The highest BCUT2D eigenvalue weighted by molar-refractivity contribution is 14.1. The van der Waals surface area contributed by atoms with Crippen molar-refractivity contribution in [1.82, 2.24) is 4.57 Å². The number of carboxylic acid groups (broad SMARTS) is 1. The van der Waals surface area contributed by atoms with Gasteiger partial charge < -0.3 is 24.1 Å². The van der Waals surface area contributed by atoms with Crippen molar-refractivity contribution in [1.29, 1.82) is 0 Å². The van der Waals surface area contributed by atoms with Gasteiger partial charge in [-0.15, -0.1) is 0 Å². The fourth-order valence-corrected chi connectivity index (χ4v) is 7.18. The third-order valence-electron chi connectivity index (χ3n) is 7.21. The lowest BCUT2D eigenvalue weighted by Crippen LogP contribution is -2.40. The lowest BCUT2D eigenvalue weighted by Gasteiger charge is -2.28. The van der Waals surface area contributed by atoms with Crippen LogP contribution in [0.4, 0.5) is 0 Å². The quantitative estimate of drug-likeness (QED) is 0.172. The molecule has 1 aliphatic rings. The van der Waals surface area contributed by atoms with Crippen LogP contribution in [0.15, 0.2) is 69.6 Å². The summed E-state index contributed by atoms with van der Waals surface area (Å²) < 4.78 is 24.9. The minimum Gasteiger partial charge on any atom is -0.496 e. The van der Waals surface area contributed by atoms with Crippen LogP contribution in [0.25, 0.3) is 16.8 Å². The second-order valence-corrected chi connectivity index (χ2v) is 12.2. The van der Waals surface area contributed by atoms with Gasteiger partial charge in [-0.25, -0.2) is 14.6 Å². The van der Waals surface area contributed by atoms with E-state index in [9.17, 15) is 14.4 Å². The summed E-state index contributed by atoms with van der Waals surface area (Å²) in [5.41, 5.74) is 1.85. The predicted molar refractivity (Wildman–Crippen MR) is 179 cm³/mol. The lowest BCUT2D eigenvalue weighted by molar-refractivity contribution is -0.140. The molecular formula is C33H31IN2O8S. The number of allylic oxidation sites excluding steroid dienone is 1. The first-order valence-electron chi connectivity index (χ1n) is 14.2. The van der Waals surface area contributed by atoms with Crippen LogP contribution >= 0.6 is 33.9 Å². The van der Waals surface area contributed by atoms with Crippen molar-refractivity contribution >= 4 is 62.7 Å². The van der Waals surface area contributed by atoms with Crippen LogP contribution in [0.3, 0.4) is 0 Å². The molecule has 0 spiro atoms. The minimum absolute atomic E-state index is 0.165. The highest BCUT2D eigenvalue weighted by Crippen LogP contribution is 2.41. The first-order chi connectivity index (χ1) is 21.7. The zero-order valence-corrected chi connectivity index (χ0v) is 28.1. The molecule has 1 N–H and O–H groups in total. The summed E-state index contributed by atoms with van der Waals surface area (Å²) in [6, 6.07) is 14.2. The summed E-state index contributed by atoms with van der Waals surface area (Å²) >= 11 is 3.25. The lowest BCUT2D eigenvalue weighted by atomic mass is 9.90. The zero-order chi connectivity index (χ0) is 32.2. The van der Waals surface area contributed by atoms with Gasteiger partial charge in [0.1, 0.15) is 11.8 Å². The number of fused-ring (bicyclic) bond motifs is 2. The maximum absolute atomic E-state index is 14.4. The maximum Gasteiger partial charge on any atom is 0.341 e. The van der Waals surface area contributed by atoms with E-state index in [0.717, 1.165) is 17.2 Å². The van der Waals surface area contributed by atoms with Gasteiger partial charge in [0.05, 0.1) is 40.2 Å². The highest BCUT2D eigenvalue weighted by Gasteiger charge is 2.37. The van der Waals surface area contributed by atoms with Gasteiger partial charge in [0.15, 0.2) is 22.9 Å². The van der Waals surface area contributed by atoms with Crippen molar-refractivity contribution in [3.8, 4) is 17.2 Å². The molecule has 45 heavy (non-hydrogen) atoms. The number of thiazole rings is 1. The number of halogens is 1. The fourth-order valence-electron chi connectivity index (χ4n) is 5.38. The fraction of sp³-hybridized carbons (Fsp3) is 0.273.